The summed E-state index contributed by atoms with van der Waals surface area (Å²) in [6.45, 7) is 0.540. The first-order valence-corrected chi connectivity index (χ1v) is 14.1. The highest BCUT2D eigenvalue weighted by molar-refractivity contribution is 7.89. The third kappa shape index (κ3) is 6.16. The lowest BCUT2D eigenvalue weighted by molar-refractivity contribution is 0.416. The molecule has 2 aromatic carbocycles. The molecule has 0 aliphatic carbocycles. The Hall–Kier alpha value is -4.08. The zero-order valence-corrected chi connectivity index (χ0v) is 22.0. The monoisotopic (exact) mass is 546 g/mol. The molecule has 5 rings (SSSR count). The van der Waals surface area contributed by atoms with Crippen molar-refractivity contribution in [3.8, 4) is 22.4 Å². The molecule has 0 atom stereocenters. The van der Waals surface area contributed by atoms with Gasteiger partial charge in [-0.1, -0.05) is 18.2 Å². The average molecular weight is 547 g/mol. The lowest BCUT2D eigenvalue weighted by Gasteiger charge is -2.25. The first-order chi connectivity index (χ1) is 18.9. The summed E-state index contributed by atoms with van der Waals surface area (Å²) in [6, 6.07) is 16.9. The van der Waals surface area contributed by atoms with E-state index < -0.39 is 16.7 Å². The fourth-order valence-electron chi connectivity index (χ4n) is 4.61. The van der Waals surface area contributed by atoms with Crippen molar-refractivity contribution in [1.82, 2.24) is 19.6 Å². The molecular weight excluding hydrogens is 518 g/mol. The molecule has 39 heavy (non-hydrogen) atoms. The van der Waals surface area contributed by atoms with Gasteiger partial charge in [0.1, 0.15) is 12.5 Å². The van der Waals surface area contributed by atoms with E-state index >= 15 is 0 Å². The molecular formula is C30H28F2N4O2S. The molecule has 0 amide bonds. The second-order valence-electron chi connectivity index (χ2n) is 9.14. The number of nitrogens with zero attached hydrogens (tertiary/aromatic N) is 2. The molecule has 0 bridgehead atoms. The third-order valence-electron chi connectivity index (χ3n) is 6.62. The summed E-state index contributed by atoms with van der Waals surface area (Å²) in [6.07, 6.45) is 12.5. The van der Waals surface area contributed by atoms with Crippen molar-refractivity contribution in [3.63, 3.8) is 0 Å². The van der Waals surface area contributed by atoms with Crippen LogP contribution in [0.5, 0.6) is 0 Å². The van der Waals surface area contributed by atoms with Crippen molar-refractivity contribution < 1.29 is 17.2 Å². The molecule has 0 radical (unpaired) electrons. The molecule has 2 N–H and O–H groups in total. The number of aromatic nitrogens is 2. The summed E-state index contributed by atoms with van der Waals surface area (Å²) in [7, 11) is -3.70. The van der Waals surface area contributed by atoms with Gasteiger partial charge in [0.05, 0.1) is 10.6 Å². The summed E-state index contributed by atoms with van der Waals surface area (Å²) in [5, 5.41) is 0. The Morgan fingerprint density at radius 2 is 1.74 bits per heavy atom. The molecule has 200 valence electrons. The smallest absolute Gasteiger partial charge is 0.240 e. The van der Waals surface area contributed by atoms with Crippen LogP contribution in [-0.4, -0.2) is 49.6 Å². The summed E-state index contributed by atoms with van der Waals surface area (Å²) < 4.78 is 52.4. The number of nitrogens with one attached hydrogen (secondary N) is 2. The van der Waals surface area contributed by atoms with Gasteiger partial charge in [-0.05, 0) is 89.5 Å². The van der Waals surface area contributed by atoms with Crippen molar-refractivity contribution in [3.05, 3.63) is 108 Å². The predicted molar refractivity (Wildman–Crippen MR) is 150 cm³/mol. The van der Waals surface area contributed by atoms with Gasteiger partial charge >= 0.3 is 0 Å². The number of hydrogen-bond donors (Lipinski definition) is 2. The SMILES string of the molecule is O=S(=O)(NCCF)c1ccc(C=CN2CC=C(c3c[nH]c(-c4ccc(F)cc4)c3-c3ccncc3)CC2)cc1. The van der Waals surface area contributed by atoms with Gasteiger partial charge in [-0.2, -0.15) is 0 Å². The van der Waals surface area contributed by atoms with Gasteiger partial charge in [0.15, 0.2) is 0 Å². The van der Waals surface area contributed by atoms with E-state index in [2.05, 4.69) is 25.7 Å². The summed E-state index contributed by atoms with van der Waals surface area (Å²) in [5.74, 6) is -0.273. The first-order valence-electron chi connectivity index (χ1n) is 12.6. The van der Waals surface area contributed by atoms with Crippen LogP contribution in [0, 0.1) is 5.82 Å². The van der Waals surface area contributed by atoms with E-state index in [0.717, 1.165) is 53.0 Å². The van der Waals surface area contributed by atoms with E-state index in [1.54, 1.807) is 36.7 Å². The maximum absolute atomic E-state index is 13.6. The van der Waals surface area contributed by atoms with Crippen molar-refractivity contribution >= 4 is 21.7 Å². The number of aromatic amines is 1. The van der Waals surface area contributed by atoms with Crippen molar-refractivity contribution in [2.24, 2.45) is 0 Å². The van der Waals surface area contributed by atoms with Crippen LogP contribution >= 0.6 is 0 Å². The number of rotatable bonds is 9. The summed E-state index contributed by atoms with van der Waals surface area (Å²) >= 11 is 0. The highest BCUT2D eigenvalue weighted by Crippen LogP contribution is 2.39. The Morgan fingerprint density at radius 1 is 1.00 bits per heavy atom. The zero-order chi connectivity index (χ0) is 27.2. The Balaban J connectivity index is 1.33. The normalized spacial score (nSPS) is 14.1. The Bertz CT molecular complexity index is 1580. The second-order valence-corrected chi connectivity index (χ2v) is 10.9. The van der Waals surface area contributed by atoms with Gasteiger partial charge < -0.3 is 9.88 Å². The molecule has 4 aromatic rings. The fraction of sp³-hybridized carbons (Fsp3) is 0.167. The molecule has 2 aromatic heterocycles. The Morgan fingerprint density at radius 3 is 2.41 bits per heavy atom. The molecule has 0 saturated carbocycles. The molecule has 0 spiro atoms. The molecule has 3 heterocycles. The van der Waals surface area contributed by atoms with Crippen LogP contribution in [-0.2, 0) is 10.0 Å². The fourth-order valence-corrected chi connectivity index (χ4v) is 5.62. The molecule has 0 fully saturated rings. The minimum atomic E-state index is -3.70. The van der Waals surface area contributed by atoms with Gasteiger partial charge in [-0.15, -0.1) is 0 Å². The van der Waals surface area contributed by atoms with E-state index in [1.165, 1.54) is 29.8 Å². The standard InChI is InChI=1S/C30H28F2N4O2S/c31-14-17-35-39(37,38)27-7-1-22(2-8-27)11-18-36-19-12-23(13-20-36)28-21-34-30(25-3-5-26(32)6-4-25)29(28)24-9-15-33-16-10-24/h1-12,15-16,18,21,34-35H,13-14,17,19-20H2. The molecule has 0 unspecified atom stereocenters. The van der Waals surface area contributed by atoms with Crippen LogP contribution in [0.3, 0.4) is 0 Å². The summed E-state index contributed by atoms with van der Waals surface area (Å²) in [5.41, 5.74) is 7.15. The number of H-pyrrole nitrogens is 1. The molecule has 9 heteroatoms. The van der Waals surface area contributed by atoms with Crippen molar-refractivity contribution in [2.75, 3.05) is 26.3 Å². The Labute approximate surface area is 226 Å². The van der Waals surface area contributed by atoms with Crippen LogP contribution in [0.1, 0.15) is 17.5 Å². The van der Waals surface area contributed by atoms with E-state index in [1.807, 2.05) is 30.6 Å². The third-order valence-corrected chi connectivity index (χ3v) is 8.10. The molecule has 0 saturated heterocycles. The van der Waals surface area contributed by atoms with Gasteiger partial charge in [0.2, 0.25) is 10.0 Å². The largest absolute Gasteiger partial charge is 0.373 e. The second kappa shape index (κ2) is 11.8. The van der Waals surface area contributed by atoms with E-state index in [9.17, 15) is 17.2 Å². The average Bonchev–Trinajstić information content (AvgIpc) is 3.41. The van der Waals surface area contributed by atoms with Gasteiger partial charge in [-0.25, -0.2) is 21.9 Å². The minimum absolute atomic E-state index is 0.107. The van der Waals surface area contributed by atoms with Gasteiger partial charge in [0.25, 0.3) is 0 Å². The number of halogens is 2. The van der Waals surface area contributed by atoms with E-state index in [0.29, 0.717) is 0 Å². The van der Waals surface area contributed by atoms with Crippen LogP contribution < -0.4 is 4.72 Å². The van der Waals surface area contributed by atoms with E-state index in [-0.39, 0.29) is 17.3 Å². The van der Waals surface area contributed by atoms with Crippen LogP contribution in [0.2, 0.25) is 0 Å². The lowest BCUT2D eigenvalue weighted by Crippen LogP contribution is -2.25. The topological polar surface area (TPSA) is 78.1 Å². The maximum atomic E-state index is 13.6. The van der Waals surface area contributed by atoms with Crippen LogP contribution in [0.25, 0.3) is 34.0 Å². The Kier molecular flexibility index (Phi) is 7.99. The molecule has 1 aliphatic rings. The number of benzene rings is 2. The lowest BCUT2D eigenvalue weighted by atomic mass is 9.92. The quantitative estimate of drug-likeness (QED) is 0.274. The molecule has 1 aliphatic heterocycles. The number of hydrogen-bond acceptors (Lipinski definition) is 4. The van der Waals surface area contributed by atoms with Crippen molar-refractivity contribution in [2.45, 2.75) is 11.3 Å². The van der Waals surface area contributed by atoms with E-state index in [4.69, 9.17) is 0 Å². The van der Waals surface area contributed by atoms with Crippen molar-refractivity contribution in [1.29, 1.82) is 0 Å². The van der Waals surface area contributed by atoms with Gasteiger partial charge in [0, 0.05) is 49.4 Å². The van der Waals surface area contributed by atoms with Crippen LogP contribution in [0.15, 0.2) is 96.4 Å². The highest BCUT2D eigenvalue weighted by atomic mass is 32.2. The summed E-state index contributed by atoms with van der Waals surface area (Å²) in [4.78, 5) is 9.87. The first kappa shape index (κ1) is 26.5. The number of sulfonamides is 1. The molecule has 6 nitrogen and oxygen atoms in total. The van der Waals surface area contributed by atoms with Gasteiger partial charge in [-0.3, -0.25) is 4.98 Å². The maximum Gasteiger partial charge on any atom is 0.240 e. The highest BCUT2D eigenvalue weighted by Gasteiger charge is 2.20. The minimum Gasteiger partial charge on any atom is -0.373 e. The zero-order valence-electron chi connectivity index (χ0n) is 21.1. The number of pyridine rings is 1. The number of alkyl halides is 1. The predicted octanol–water partition coefficient (Wildman–Crippen LogP) is 5.89. The van der Waals surface area contributed by atoms with Crippen LogP contribution in [0.4, 0.5) is 8.78 Å².